The van der Waals surface area contributed by atoms with Gasteiger partial charge in [0, 0.05) is 12.1 Å². The monoisotopic (exact) mass is 310 g/mol. The summed E-state index contributed by atoms with van der Waals surface area (Å²) in [6.45, 7) is 4.81. The lowest BCUT2D eigenvalue weighted by molar-refractivity contribution is -0.128. The van der Waals surface area contributed by atoms with Crippen LogP contribution < -0.4 is 11.1 Å². The number of rotatable bonds is 4. The van der Waals surface area contributed by atoms with Crippen molar-refractivity contribution in [3.8, 4) is 0 Å². The molecule has 21 heavy (non-hydrogen) atoms. The Balaban J connectivity index is 0.00000220. The Morgan fingerprint density at radius 2 is 2.10 bits per heavy atom. The van der Waals surface area contributed by atoms with Crippen molar-refractivity contribution in [3.05, 3.63) is 35.4 Å². The summed E-state index contributed by atoms with van der Waals surface area (Å²) in [4.78, 5) is 12.3. The third-order valence-corrected chi connectivity index (χ3v) is 4.53. The van der Waals surface area contributed by atoms with E-state index in [1.807, 2.05) is 19.1 Å². The molecule has 0 heterocycles. The van der Waals surface area contributed by atoms with E-state index in [1.165, 1.54) is 11.1 Å². The van der Waals surface area contributed by atoms with E-state index in [-0.39, 0.29) is 29.8 Å². The molecular weight excluding hydrogens is 284 g/mol. The fraction of sp³-hybridized carbons (Fsp3) is 0.588. The molecule has 0 radical (unpaired) electrons. The predicted molar refractivity (Wildman–Crippen MR) is 89.7 cm³/mol. The quantitative estimate of drug-likeness (QED) is 0.898. The summed E-state index contributed by atoms with van der Waals surface area (Å²) in [6, 6.07) is 8.31. The van der Waals surface area contributed by atoms with Crippen molar-refractivity contribution in [2.24, 2.45) is 11.7 Å². The minimum Gasteiger partial charge on any atom is -0.355 e. The van der Waals surface area contributed by atoms with Crippen LogP contribution in [0.1, 0.15) is 43.7 Å². The second-order valence-corrected chi connectivity index (χ2v) is 6.27. The van der Waals surface area contributed by atoms with Gasteiger partial charge < -0.3 is 11.1 Å². The molecule has 2 rings (SSSR count). The van der Waals surface area contributed by atoms with Crippen molar-refractivity contribution in [2.75, 3.05) is 6.54 Å². The van der Waals surface area contributed by atoms with Crippen molar-refractivity contribution in [2.45, 2.75) is 51.5 Å². The third-order valence-electron chi connectivity index (χ3n) is 4.53. The number of hydrogen-bond donors (Lipinski definition) is 2. The van der Waals surface area contributed by atoms with Crippen LogP contribution >= 0.6 is 12.4 Å². The molecule has 1 amide bonds. The molecule has 3 N–H and O–H groups in total. The molecule has 0 spiro atoms. The minimum absolute atomic E-state index is 0. The zero-order chi connectivity index (χ0) is 14.6. The third kappa shape index (κ3) is 4.72. The van der Waals surface area contributed by atoms with Crippen LogP contribution in [0.4, 0.5) is 0 Å². The minimum atomic E-state index is -0.342. The van der Waals surface area contributed by atoms with Gasteiger partial charge in [0.15, 0.2) is 0 Å². The highest BCUT2D eigenvalue weighted by atomic mass is 35.5. The van der Waals surface area contributed by atoms with Crippen LogP contribution in [0.5, 0.6) is 0 Å². The van der Waals surface area contributed by atoms with Gasteiger partial charge in [-0.1, -0.05) is 37.1 Å². The maximum absolute atomic E-state index is 12.3. The van der Waals surface area contributed by atoms with Crippen LogP contribution in [-0.4, -0.2) is 18.0 Å². The van der Waals surface area contributed by atoms with Crippen LogP contribution in [0.15, 0.2) is 24.3 Å². The number of hydrogen-bond acceptors (Lipinski definition) is 2. The first-order valence-electron chi connectivity index (χ1n) is 7.62. The number of benzene rings is 1. The summed E-state index contributed by atoms with van der Waals surface area (Å²) in [6.07, 6.45) is 5.00. The maximum Gasteiger partial charge on any atom is 0.224 e. The molecule has 1 aromatic carbocycles. The highest BCUT2D eigenvalue weighted by Gasteiger charge is 2.37. The number of halogens is 1. The van der Waals surface area contributed by atoms with E-state index in [4.69, 9.17) is 5.73 Å². The Morgan fingerprint density at radius 3 is 2.76 bits per heavy atom. The molecule has 2 atom stereocenters. The van der Waals surface area contributed by atoms with Crippen molar-refractivity contribution in [3.63, 3.8) is 0 Å². The summed E-state index contributed by atoms with van der Waals surface area (Å²) in [5, 5.41) is 3.06. The van der Waals surface area contributed by atoms with E-state index in [1.54, 1.807) is 0 Å². The molecule has 2 unspecified atom stereocenters. The lowest BCUT2D eigenvalue weighted by Gasteiger charge is -2.37. The highest BCUT2D eigenvalue weighted by molar-refractivity contribution is 5.85. The van der Waals surface area contributed by atoms with Gasteiger partial charge in [0.1, 0.15) is 0 Å². The summed E-state index contributed by atoms with van der Waals surface area (Å²) in [5.74, 6) is 0.0939. The van der Waals surface area contributed by atoms with Crippen LogP contribution in [0, 0.1) is 12.8 Å². The standard InChI is InChI=1S/C17H26N2O.ClH/c1-13-7-3-4-8-14(13)10-12-19-16(20)15-9-5-6-11-17(15,2)18;/h3-4,7-8,15H,5-6,9-12,18H2,1-2H3,(H,19,20);1H. The number of nitrogens with one attached hydrogen (secondary N) is 1. The fourth-order valence-electron chi connectivity index (χ4n) is 3.12. The number of carbonyl (C=O) groups excluding carboxylic acids is 1. The van der Waals surface area contributed by atoms with Gasteiger partial charge in [-0.25, -0.2) is 0 Å². The van der Waals surface area contributed by atoms with Gasteiger partial charge in [0.2, 0.25) is 5.91 Å². The van der Waals surface area contributed by atoms with Gasteiger partial charge in [0.25, 0.3) is 0 Å². The zero-order valence-corrected chi connectivity index (χ0v) is 13.8. The van der Waals surface area contributed by atoms with Crippen LogP contribution in [0.2, 0.25) is 0 Å². The second kappa shape index (κ2) is 7.81. The van der Waals surface area contributed by atoms with Gasteiger partial charge in [-0.05, 0) is 44.2 Å². The molecule has 1 fully saturated rings. The van der Waals surface area contributed by atoms with Gasteiger partial charge in [0.05, 0.1) is 5.92 Å². The molecular formula is C17H27ClN2O. The molecule has 1 aliphatic carbocycles. The smallest absolute Gasteiger partial charge is 0.224 e. The largest absolute Gasteiger partial charge is 0.355 e. The average Bonchev–Trinajstić information content (AvgIpc) is 2.40. The van der Waals surface area contributed by atoms with Crippen LogP contribution in [0.25, 0.3) is 0 Å². The molecule has 118 valence electrons. The summed E-state index contributed by atoms with van der Waals surface area (Å²) < 4.78 is 0. The molecule has 1 aliphatic rings. The molecule has 1 saturated carbocycles. The average molecular weight is 311 g/mol. The van der Waals surface area contributed by atoms with E-state index < -0.39 is 0 Å². The summed E-state index contributed by atoms with van der Waals surface area (Å²) in [7, 11) is 0. The predicted octanol–water partition coefficient (Wildman–Crippen LogP) is 2.98. The van der Waals surface area contributed by atoms with E-state index >= 15 is 0 Å². The van der Waals surface area contributed by atoms with E-state index in [2.05, 4.69) is 24.4 Å². The van der Waals surface area contributed by atoms with Crippen molar-refractivity contribution >= 4 is 18.3 Å². The first-order chi connectivity index (χ1) is 9.50. The highest BCUT2D eigenvalue weighted by Crippen LogP contribution is 2.31. The zero-order valence-electron chi connectivity index (χ0n) is 13.0. The Labute approximate surface area is 134 Å². The number of carbonyl (C=O) groups is 1. The molecule has 0 saturated heterocycles. The SMILES string of the molecule is Cc1ccccc1CCNC(=O)C1CCCCC1(C)N.Cl. The molecule has 3 nitrogen and oxygen atoms in total. The van der Waals surface area contributed by atoms with Crippen molar-refractivity contribution in [1.29, 1.82) is 0 Å². The normalized spacial score (nSPS) is 25.0. The van der Waals surface area contributed by atoms with Crippen molar-refractivity contribution < 1.29 is 4.79 Å². The number of nitrogens with two attached hydrogens (primary N) is 1. The topological polar surface area (TPSA) is 55.1 Å². The van der Waals surface area contributed by atoms with Crippen LogP contribution in [-0.2, 0) is 11.2 Å². The first kappa shape index (κ1) is 18.0. The Bertz CT molecular complexity index is 474. The maximum atomic E-state index is 12.3. The molecule has 0 aromatic heterocycles. The van der Waals surface area contributed by atoms with Gasteiger partial charge in [-0.2, -0.15) is 0 Å². The molecule has 0 bridgehead atoms. The lowest BCUT2D eigenvalue weighted by atomic mass is 9.74. The lowest BCUT2D eigenvalue weighted by Crippen LogP contribution is -2.53. The summed E-state index contributed by atoms with van der Waals surface area (Å²) in [5.41, 5.74) is 8.51. The molecule has 1 aromatic rings. The van der Waals surface area contributed by atoms with Gasteiger partial charge >= 0.3 is 0 Å². The molecule has 0 aliphatic heterocycles. The Hall–Kier alpha value is -1.06. The van der Waals surface area contributed by atoms with E-state index in [9.17, 15) is 4.79 Å². The fourth-order valence-corrected chi connectivity index (χ4v) is 3.12. The number of aryl methyl sites for hydroxylation is 1. The number of amides is 1. The van der Waals surface area contributed by atoms with E-state index in [0.717, 1.165) is 32.1 Å². The molecule has 4 heteroatoms. The van der Waals surface area contributed by atoms with Crippen molar-refractivity contribution in [1.82, 2.24) is 5.32 Å². The first-order valence-corrected chi connectivity index (χ1v) is 7.62. The van der Waals surface area contributed by atoms with E-state index in [0.29, 0.717) is 6.54 Å². The Morgan fingerprint density at radius 1 is 1.38 bits per heavy atom. The Kier molecular flexibility index (Phi) is 6.69. The second-order valence-electron chi connectivity index (χ2n) is 6.27. The van der Waals surface area contributed by atoms with Crippen LogP contribution in [0.3, 0.4) is 0 Å². The van der Waals surface area contributed by atoms with Gasteiger partial charge in [-0.15, -0.1) is 12.4 Å². The summed E-state index contributed by atoms with van der Waals surface area (Å²) >= 11 is 0. The van der Waals surface area contributed by atoms with Gasteiger partial charge in [-0.3, -0.25) is 4.79 Å².